The number of hydrogen-bond acceptors (Lipinski definition) is 5. The number of nitrogens with zero attached hydrogens (tertiary/aromatic N) is 1. The van der Waals surface area contributed by atoms with E-state index in [9.17, 15) is 0 Å². The Labute approximate surface area is 375 Å². The standard InChI is InChI=1S/C60H39N3O2/c1-3-14-38-32-42(26-24-36(38)12-1)57-61-58(43-27-25-37-13-2-4-15-39(37)33-43)63-59(62-57)46-17-11-23-55-56(46)47-34-40(29-31-52(47)64-55)41-28-30-45-44-16-5-6-18-48(44)60(51(45)35-41)49-19-7-9-21-53(49)65-54-22-10-8-20-50(54)60/h1-35,57-58,61H,(H,62,63). The van der Waals surface area contributed by atoms with Gasteiger partial charge >= 0.3 is 0 Å². The quantitative estimate of drug-likeness (QED) is 0.185. The lowest BCUT2D eigenvalue weighted by atomic mass is 9.66. The Bertz CT molecular complexity index is 3760. The lowest BCUT2D eigenvalue weighted by Crippen LogP contribution is -2.45. The third-order valence-corrected chi connectivity index (χ3v) is 14.0. The monoisotopic (exact) mass is 833 g/mol. The summed E-state index contributed by atoms with van der Waals surface area (Å²) in [5.41, 5.74) is 13.9. The van der Waals surface area contributed by atoms with Crippen molar-refractivity contribution in [3.05, 3.63) is 251 Å². The molecule has 11 aromatic rings. The molecule has 0 amide bonds. The van der Waals surface area contributed by atoms with Crippen LogP contribution in [0.4, 0.5) is 0 Å². The maximum absolute atomic E-state index is 6.67. The van der Waals surface area contributed by atoms with Crippen LogP contribution in [0.5, 0.6) is 11.5 Å². The molecule has 2 atom stereocenters. The van der Waals surface area contributed by atoms with Crippen molar-refractivity contribution in [2.24, 2.45) is 4.99 Å². The summed E-state index contributed by atoms with van der Waals surface area (Å²) in [6.07, 6.45) is -0.518. The van der Waals surface area contributed by atoms with Crippen LogP contribution in [0.3, 0.4) is 0 Å². The number of rotatable bonds is 4. The van der Waals surface area contributed by atoms with E-state index in [-0.39, 0.29) is 12.3 Å². The van der Waals surface area contributed by atoms with Gasteiger partial charge in [0.1, 0.15) is 40.8 Å². The highest BCUT2D eigenvalue weighted by molar-refractivity contribution is 6.18. The van der Waals surface area contributed by atoms with Crippen molar-refractivity contribution >= 4 is 49.3 Å². The van der Waals surface area contributed by atoms with Gasteiger partial charge in [-0.2, -0.15) is 0 Å². The molecule has 0 fully saturated rings. The maximum Gasteiger partial charge on any atom is 0.136 e. The molecule has 5 heteroatoms. The van der Waals surface area contributed by atoms with Crippen molar-refractivity contribution in [3.63, 3.8) is 0 Å². The molecule has 0 saturated carbocycles. The Morgan fingerprint density at radius 3 is 1.80 bits per heavy atom. The first-order valence-corrected chi connectivity index (χ1v) is 22.3. The molecule has 14 rings (SSSR count). The van der Waals surface area contributed by atoms with E-state index in [4.69, 9.17) is 14.1 Å². The molecule has 65 heavy (non-hydrogen) atoms. The molecule has 1 aliphatic carbocycles. The first kappa shape index (κ1) is 36.3. The Kier molecular flexibility index (Phi) is 7.74. The van der Waals surface area contributed by atoms with E-state index in [0.29, 0.717) is 0 Å². The molecule has 10 aromatic carbocycles. The molecule has 2 N–H and O–H groups in total. The minimum absolute atomic E-state index is 0.212. The van der Waals surface area contributed by atoms with Gasteiger partial charge in [0.2, 0.25) is 0 Å². The predicted molar refractivity (Wildman–Crippen MR) is 263 cm³/mol. The van der Waals surface area contributed by atoms with Crippen LogP contribution in [-0.2, 0) is 5.41 Å². The van der Waals surface area contributed by atoms with Crippen molar-refractivity contribution in [1.82, 2.24) is 10.6 Å². The molecular formula is C60H39N3O2. The van der Waals surface area contributed by atoms with Crippen LogP contribution in [0, 0.1) is 0 Å². The normalized spacial score (nSPS) is 16.7. The predicted octanol–water partition coefficient (Wildman–Crippen LogP) is 14.4. The van der Waals surface area contributed by atoms with Gasteiger partial charge in [-0.05, 0) is 115 Å². The molecule has 1 spiro atoms. The van der Waals surface area contributed by atoms with Crippen LogP contribution in [0.1, 0.15) is 51.3 Å². The summed E-state index contributed by atoms with van der Waals surface area (Å²) < 4.78 is 13.3. The molecule has 3 heterocycles. The van der Waals surface area contributed by atoms with Crippen molar-refractivity contribution in [2.75, 3.05) is 0 Å². The summed E-state index contributed by atoms with van der Waals surface area (Å²) in [4.78, 5) is 5.47. The number of amidine groups is 1. The fourth-order valence-electron chi connectivity index (χ4n) is 11.0. The number of fused-ring (bicyclic) bond motifs is 14. The zero-order chi connectivity index (χ0) is 42.6. The average Bonchev–Trinajstić information content (AvgIpc) is 3.89. The Morgan fingerprint density at radius 2 is 1.03 bits per heavy atom. The number of furan rings is 1. The van der Waals surface area contributed by atoms with E-state index >= 15 is 0 Å². The molecule has 0 bridgehead atoms. The fraction of sp³-hybridized carbons (Fsp3) is 0.0500. The first-order chi connectivity index (χ1) is 32.2. The zero-order valence-corrected chi connectivity index (χ0v) is 35.1. The van der Waals surface area contributed by atoms with E-state index in [0.717, 1.165) is 78.2 Å². The van der Waals surface area contributed by atoms with E-state index in [2.05, 4.69) is 223 Å². The molecule has 306 valence electrons. The maximum atomic E-state index is 6.67. The Morgan fingerprint density at radius 1 is 0.431 bits per heavy atom. The second kappa shape index (κ2) is 13.9. The summed E-state index contributed by atoms with van der Waals surface area (Å²) in [6.45, 7) is 0. The SMILES string of the molecule is c1ccc2c(c1)Oc1ccccc1C21c2ccccc2-c2ccc(-c3ccc4oc5cccc(C6=NC(c7ccc8ccccc8c7)NC(c7ccc8ccccc8c7)N6)c5c4c3)cc21. The molecular weight excluding hydrogens is 795 g/mol. The number of nitrogens with one attached hydrogen (secondary N) is 2. The Balaban J connectivity index is 0.933. The third-order valence-electron chi connectivity index (χ3n) is 14.0. The number of ether oxygens (including phenoxy) is 1. The van der Waals surface area contributed by atoms with Crippen LogP contribution in [0.25, 0.3) is 65.7 Å². The second-order valence-corrected chi connectivity index (χ2v) is 17.5. The highest BCUT2D eigenvalue weighted by Crippen LogP contribution is 2.62. The van der Waals surface area contributed by atoms with Gasteiger partial charge in [0.25, 0.3) is 0 Å². The van der Waals surface area contributed by atoms with Crippen LogP contribution < -0.4 is 15.4 Å². The number of hydrogen-bond donors (Lipinski definition) is 2. The number of aliphatic imine (C=N–C) groups is 1. The molecule has 5 nitrogen and oxygen atoms in total. The van der Waals surface area contributed by atoms with Gasteiger partial charge in [0.05, 0.1) is 5.41 Å². The zero-order valence-electron chi connectivity index (χ0n) is 35.1. The minimum atomic E-state index is -0.547. The van der Waals surface area contributed by atoms with Crippen LogP contribution >= 0.6 is 0 Å². The Hall–Kier alpha value is -8.25. The van der Waals surface area contributed by atoms with Crippen molar-refractivity contribution in [1.29, 1.82) is 0 Å². The van der Waals surface area contributed by atoms with E-state index in [1.165, 1.54) is 43.8 Å². The van der Waals surface area contributed by atoms with Gasteiger partial charge in [0.15, 0.2) is 0 Å². The third kappa shape index (κ3) is 5.40. The van der Waals surface area contributed by atoms with Crippen LogP contribution in [0.2, 0.25) is 0 Å². The van der Waals surface area contributed by atoms with Gasteiger partial charge < -0.3 is 14.5 Å². The highest BCUT2D eigenvalue weighted by Gasteiger charge is 2.51. The molecule has 0 radical (unpaired) electrons. The van der Waals surface area contributed by atoms with Gasteiger partial charge in [0, 0.05) is 27.5 Å². The van der Waals surface area contributed by atoms with E-state index in [1.807, 2.05) is 0 Å². The van der Waals surface area contributed by atoms with Crippen LogP contribution in [-0.4, -0.2) is 5.84 Å². The van der Waals surface area contributed by atoms with Crippen molar-refractivity contribution < 1.29 is 9.15 Å². The van der Waals surface area contributed by atoms with Gasteiger partial charge in [-0.15, -0.1) is 0 Å². The summed E-state index contributed by atoms with van der Waals surface area (Å²) in [5.74, 6) is 2.59. The summed E-state index contributed by atoms with van der Waals surface area (Å²) in [6, 6.07) is 76.3. The highest BCUT2D eigenvalue weighted by atomic mass is 16.5. The number of para-hydroxylation sites is 2. The minimum Gasteiger partial charge on any atom is -0.457 e. The molecule has 1 aromatic heterocycles. The largest absolute Gasteiger partial charge is 0.457 e. The van der Waals surface area contributed by atoms with E-state index in [1.54, 1.807) is 0 Å². The fourth-order valence-corrected chi connectivity index (χ4v) is 11.0. The lowest BCUT2D eigenvalue weighted by Gasteiger charge is -2.39. The summed E-state index contributed by atoms with van der Waals surface area (Å²) in [7, 11) is 0. The smallest absolute Gasteiger partial charge is 0.136 e. The summed E-state index contributed by atoms with van der Waals surface area (Å²) >= 11 is 0. The van der Waals surface area contributed by atoms with Crippen molar-refractivity contribution in [2.45, 2.75) is 17.7 Å². The van der Waals surface area contributed by atoms with Gasteiger partial charge in [-0.3, -0.25) is 5.32 Å². The van der Waals surface area contributed by atoms with E-state index < -0.39 is 5.41 Å². The average molecular weight is 834 g/mol. The first-order valence-electron chi connectivity index (χ1n) is 22.3. The van der Waals surface area contributed by atoms with Crippen LogP contribution in [0.15, 0.2) is 222 Å². The molecule has 0 saturated heterocycles. The lowest BCUT2D eigenvalue weighted by molar-refractivity contribution is 0.409. The number of benzene rings is 10. The van der Waals surface area contributed by atoms with Gasteiger partial charge in [-0.25, -0.2) is 4.99 Å². The molecule has 3 aliphatic rings. The topological polar surface area (TPSA) is 58.8 Å². The summed E-state index contributed by atoms with van der Waals surface area (Å²) in [5, 5.41) is 14.6. The second-order valence-electron chi connectivity index (χ2n) is 17.5. The van der Waals surface area contributed by atoms with Crippen molar-refractivity contribution in [3.8, 4) is 33.8 Å². The van der Waals surface area contributed by atoms with Gasteiger partial charge in [-0.1, -0.05) is 164 Å². The molecule has 2 unspecified atom stereocenters. The molecule has 2 aliphatic heterocycles.